The smallest absolute Gasteiger partial charge is 0.153 e. The van der Waals surface area contributed by atoms with Crippen LogP contribution >= 0.6 is 0 Å². The Morgan fingerprint density at radius 3 is 3.05 bits per heavy atom. The average Bonchev–Trinajstić information content (AvgIpc) is 3.01. The number of benzene rings is 1. The molecular weight excluding hydrogens is 264 g/mol. The fraction of sp³-hybridized carbons (Fsp3) is 0.500. The second-order valence-electron chi connectivity index (χ2n) is 5.11. The molecule has 0 spiro atoms. The van der Waals surface area contributed by atoms with E-state index in [9.17, 15) is 8.78 Å². The predicted octanol–water partition coefficient (Wildman–Crippen LogP) is 2.32. The number of halogens is 2. The Hall–Kier alpha value is -1.53. The Balaban J connectivity index is 1.91. The maximum Gasteiger partial charge on any atom is 0.153 e. The van der Waals surface area contributed by atoms with E-state index in [-0.39, 0.29) is 17.5 Å². The van der Waals surface area contributed by atoms with Crippen LogP contribution < -0.4 is 5.32 Å². The molecule has 2 N–H and O–H groups in total. The molecule has 1 aromatic heterocycles. The number of nitrogens with zero attached hydrogens (tertiary/aromatic N) is 1. The third kappa shape index (κ3) is 2.41. The van der Waals surface area contributed by atoms with Gasteiger partial charge in [-0.25, -0.2) is 13.8 Å². The van der Waals surface area contributed by atoms with Crippen LogP contribution in [0.2, 0.25) is 0 Å². The van der Waals surface area contributed by atoms with Gasteiger partial charge in [0.15, 0.2) is 5.82 Å². The Bertz CT molecular complexity index is 614. The number of hydrogen-bond acceptors (Lipinski definition) is 3. The van der Waals surface area contributed by atoms with Gasteiger partial charge in [0.05, 0.1) is 24.6 Å². The third-order valence-electron chi connectivity index (χ3n) is 3.61. The first-order chi connectivity index (χ1) is 9.69. The molecule has 1 fully saturated rings. The molecule has 2 heterocycles. The van der Waals surface area contributed by atoms with Gasteiger partial charge < -0.3 is 15.0 Å². The summed E-state index contributed by atoms with van der Waals surface area (Å²) in [5.41, 5.74) is 0.571. The minimum atomic E-state index is -0.639. The Kier molecular flexibility index (Phi) is 3.67. The van der Waals surface area contributed by atoms with E-state index in [1.165, 1.54) is 6.07 Å². The summed E-state index contributed by atoms with van der Waals surface area (Å²) in [6, 6.07) is 2.27. The van der Waals surface area contributed by atoms with Gasteiger partial charge in [0.25, 0.3) is 0 Å². The van der Waals surface area contributed by atoms with Crippen LogP contribution in [-0.4, -0.2) is 35.8 Å². The third-order valence-corrected chi connectivity index (χ3v) is 3.61. The molecular formula is C14H17F2N3O. The molecule has 2 unspecified atom stereocenters. The van der Waals surface area contributed by atoms with E-state index in [1.807, 2.05) is 0 Å². The second kappa shape index (κ2) is 5.46. The molecule has 0 amide bonds. The fourth-order valence-electron chi connectivity index (χ4n) is 2.59. The summed E-state index contributed by atoms with van der Waals surface area (Å²) >= 11 is 0. The molecule has 1 aliphatic heterocycles. The Morgan fingerprint density at radius 1 is 1.40 bits per heavy atom. The van der Waals surface area contributed by atoms with Gasteiger partial charge in [-0.15, -0.1) is 0 Å². The highest BCUT2D eigenvalue weighted by molar-refractivity contribution is 5.75. The van der Waals surface area contributed by atoms with Crippen molar-refractivity contribution in [1.82, 2.24) is 15.3 Å². The number of hydrogen-bond donors (Lipinski definition) is 2. The molecule has 0 saturated carbocycles. The van der Waals surface area contributed by atoms with E-state index in [0.717, 1.165) is 19.0 Å². The highest BCUT2D eigenvalue weighted by atomic mass is 19.1. The van der Waals surface area contributed by atoms with Crippen molar-refractivity contribution in [2.75, 3.05) is 19.8 Å². The normalized spacial score (nSPS) is 22.8. The van der Waals surface area contributed by atoms with Gasteiger partial charge in [-0.2, -0.15) is 0 Å². The molecule has 3 rings (SSSR count). The average molecular weight is 281 g/mol. The lowest BCUT2D eigenvalue weighted by molar-refractivity contribution is 0.187. The summed E-state index contributed by atoms with van der Waals surface area (Å²) in [4.78, 5) is 7.29. The Labute approximate surface area is 115 Å². The number of fused-ring (bicyclic) bond motifs is 1. The molecule has 20 heavy (non-hydrogen) atoms. The lowest BCUT2D eigenvalue weighted by atomic mass is 10.0. The summed E-state index contributed by atoms with van der Waals surface area (Å²) < 4.78 is 32.4. The topological polar surface area (TPSA) is 49.9 Å². The molecule has 1 saturated heterocycles. The van der Waals surface area contributed by atoms with Crippen LogP contribution in [0.4, 0.5) is 8.78 Å². The monoisotopic (exact) mass is 281 g/mol. The summed E-state index contributed by atoms with van der Waals surface area (Å²) in [5, 5.41) is 3.40. The van der Waals surface area contributed by atoms with Crippen LogP contribution in [0, 0.1) is 11.6 Å². The SMILES string of the molecule is CCCNC1COCC1c1nc2c(F)cc(F)cc2[nH]1. The molecule has 2 aromatic rings. The molecule has 1 aromatic carbocycles. The Morgan fingerprint density at radius 2 is 2.25 bits per heavy atom. The van der Waals surface area contributed by atoms with Crippen LogP contribution in [-0.2, 0) is 4.74 Å². The number of nitrogens with one attached hydrogen (secondary N) is 2. The van der Waals surface area contributed by atoms with E-state index < -0.39 is 11.6 Å². The first-order valence-corrected chi connectivity index (χ1v) is 6.85. The van der Waals surface area contributed by atoms with Crippen molar-refractivity contribution < 1.29 is 13.5 Å². The van der Waals surface area contributed by atoms with Gasteiger partial charge in [0.1, 0.15) is 17.2 Å². The number of H-pyrrole nitrogens is 1. The second-order valence-corrected chi connectivity index (χ2v) is 5.11. The first kappa shape index (κ1) is 13.5. The number of aromatic amines is 1. The maximum atomic E-state index is 13.7. The maximum absolute atomic E-state index is 13.7. The summed E-state index contributed by atoms with van der Waals surface area (Å²) in [6.45, 7) is 4.13. The van der Waals surface area contributed by atoms with Crippen LogP contribution in [0.3, 0.4) is 0 Å². The van der Waals surface area contributed by atoms with Crippen molar-refractivity contribution >= 4 is 11.0 Å². The van der Waals surface area contributed by atoms with Gasteiger partial charge in [0.2, 0.25) is 0 Å². The molecule has 0 radical (unpaired) electrons. The molecule has 2 atom stereocenters. The van der Waals surface area contributed by atoms with Gasteiger partial charge in [-0.3, -0.25) is 0 Å². The zero-order chi connectivity index (χ0) is 14.1. The molecule has 0 bridgehead atoms. The van der Waals surface area contributed by atoms with Crippen LogP contribution in [0.25, 0.3) is 11.0 Å². The summed E-state index contributed by atoms with van der Waals surface area (Å²) in [6.07, 6.45) is 1.03. The van der Waals surface area contributed by atoms with E-state index in [4.69, 9.17) is 4.74 Å². The molecule has 108 valence electrons. The largest absolute Gasteiger partial charge is 0.379 e. The quantitative estimate of drug-likeness (QED) is 0.904. The van der Waals surface area contributed by atoms with E-state index in [0.29, 0.717) is 24.6 Å². The molecule has 6 heteroatoms. The number of ether oxygens (including phenoxy) is 1. The molecule has 1 aliphatic rings. The van der Waals surface area contributed by atoms with E-state index >= 15 is 0 Å². The van der Waals surface area contributed by atoms with Crippen LogP contribution in [0.15, 0.2) is 12.1 Å². The van der Waals surface area contributed by atoms with Crippen molar-refractivity contribution in [1.29, 1.82) is 0 Å². The standard InChI is InChI=1S/C14H17F2N3O/c1-2-3-17-12-7-20-6-9(12)14-18-11-5-8(15)4-10(16)13(11)19-14/h4-5,9,12,17H,2-3,6-7H2,1H3,(H,18,19). The lowest BCUT2D eigenvalue weighted by Crippen LogP contribution is -2.35. The van der Waals surface area contributed by atoms with Gasteiger partial charge in [-0.1, -0.05) is 6.92 Å². The zero-order valence-corrected chi connectivity index (χ0v) is 11.2. The van der Waals surface area contributed by atoms with Crippen molar-refractivity contribution in [2.45, 2.75) is 25.3 Å². The van der Waals surface area contributed by atoms with E-state index in [2.05, 4.69) is 22.2 Å². The number of rotatable bonds is 4. The summed E-state index contributed by atoms with van der Waals surface area (Å²) in [5.74, 6) is -0.556. The minimum Gasteiger partial charge on any atom is -0.379 e. The number of imidazole rings is 1. The number of aromatic nitrogens is 2. The highest BCUT2D eigenvalue weighted by Crippen LogP contribution is 2.27. The van der Waals surface area contributed by atoms with Crippen molar-refractivity contribution in [3.8, 4) is 0 Å². The summed E-state index contributed by atoms with van der Waals surface area (Å²) in [7, 11) is 0. The van der Waals surface area contributed by atoms with E-state index in [1.54, 1.807) is 0 Å². The van der Waals surface area contributed by atoms with Crippen molar-refractivity contribution in [3.63, 3.8) is 0 Å². The minimum absolute atomic E-state index is 0.0383. The highest BCUT2D eigenvalue weighted by Gasteiger charge is 2.31. The fourth-order valence-corrected chi connectivity index (χ4v) is 2.59. The molecule has 0 aliphatic carbocycles. The first-order valence-electron chi connectivity index (χ1n) is 6.85. The predicted molar refractivity (Wildman–Crippen MR) is 71.7 cm³/mol. The van der Waals surface area contributed by atoms with Gasteiger partial charge in [0, 0.05) is 12.1 Å². The van der Waals surface area contributed by atoms with Gasteiger partial charge >= 0.3 is 0 Å². The van der Waals surface area contributed by atoms with Gasteiger partial charge in [-0.05, 0) is 19.0 Å². The van der Waals surface area contributed by atoms with Crippen molar-refractivity contribution in [3.05, 3.63) is 29.6 Å². The lowest BCUT2D eigenvalue weighted by Gasteiger charge is -2.16. The van der Waals surface area contributed by atoms with Crippen molar-refractivity contribution in [2.24, 2.45) is 0 Å². The van der Waals surface area contributed by atoms with Crippen LogP contribution in [0.1, 0.15) is 25.1 Å². The zero-order valence-electron chi connectivity index (χ0n) is 11.2. The van der Waals surface area contributed by atoms with Crippen LogP contribution in [0.5, 0.6) is 0 Å². The molecule has 4 nitrogen and oxygen atoms in total.